The Kier molecular flexibility index (Phi) is 2.76. The fourth-order valence-corrected chi connectivity index (χ4v) is 0.524. The molecule has 0 saturated carbocycles. The molecule has 1 heterocycles. The molecular formula is C6H8N2O3. The number of hydrogen-bond acceptors (Lipinski definition) is 5. The first-order valence-corrected chi connectivity index (χ1v) is 3.05. The lowest BCUT2D eigenvalue weighted by atomic mass is 10.6. The molecule has 0 aliphatic carbocycles. The lowest BCUT2D eigenvalue weighted by molar-refractivity contribution is -0.0690. The van der Waals surface area contributed by atoms with Gasteiger partial charge in [-0.2, -0.15) is 5.10 Å². The van der Waals surface area contributed by atoms with Crippen molar-refractivity contribution in [2.75, 3.05) is 6.61 Å². The van der Waals surface area contributed by atoms with Gasteiger partial charge in [-0.05, 0) is 6.07 Å². The molecule has 0 fully saturated rings. The predicted octanol–water partition coefficient (Wildman–Crippen LogP) is -0.834. The van der Waals surface area contributed by atoms with Gasteiger partial charge in [0.05, 0.1) is 0 Å². The number of aliphatic hydroxyl groups excluding tert-OH is 1. The monoisotopic (exact) mass is 156 g/mol. The maximum absolute atomic E-state index is 8.40. The van der Waals surface area contributed by atoms with Crippen LogP contribution in [0.1, 0.15) is 0 Å². The topological polar surface area (TPSA) is 75.5 Å². The van der Waals surface area contributed by atoms with Gasteiger partial charge in [0, 0.05) is 12.3 Å². The van der Waals surface area contributed by atoms with Gasteiger partial charge in [-0.25, -0.2) is 0 Å². The van der Waals surface area contributed by atoms with Gasteiger partial charge in [0.15, 0.2) is 6.29 Å². The molecule has 1 aromatic rings. The highest BCUT2D eigenvalue weighted by Crippen LogP contribution is 2.00. The Balaban J connectivity index is 2.39. The molecule has 1 aromatic heterocycles. The van der Waals surface area contributed by atoms with Crippen LogP contribution in [-0.2, 0) is 0 Å². The molecule has 0 spiro atoms. The average Bonchev–Trinajstić information content (AvgIpc) is 2.03. The molecule has 60 valence electrons. The van der Waals surface area contributed by atoms with Crippen LogP contribution in [0.2, 0.25) is 0 Å². The molecule has 0 aromatic carbocycles. The van der Waals surface area contributed by atoms with Gasteiger partial charge in [-0.15, -0.1) is 5.10 Å². The minimum Gasteiger partial charge on any atom is -0.471 e. The molecule has 0 aliphatic rings. The third-order valence-electron chi connectivity index (χ3n) is 0.928. The van der Waals surface area contributed by atoms with E-state index >= 15 is 0 Å². The molecule has 0 amide bonds. The van der Waals surface area contributed by atoms with Gasteiger partial charge in [0.1, 0.15) is 6.61 Å². The smallest absolute Gasteiger partial charge is 0.233 e. The minimum absolute atomic E-state index is 0.196. The van der Waals surface area contributed by atoms with Gasteiger partial charge in [-0.3, -0.25) is 0 Å². The maximum Gasteiger partial charge on any atom is 0.233 e. The van der Waals surface area contributed by atoms with E-state index in [9.17, 15) is 0 Å². The second-order valence-electron chi connectivity index (χ2n) is 1.85. The highest BCUT2D eigenvalue weighted by molar-refractivity contribution is 5.04. The highest BCUT2D eigenvalue weighted by Gasteiger charge is 1.98. The van der Waals surface area contributed by atoms with Crippen LogP contribution >= 0.6 is 0 Å². The van der Waals surface area contributed by atoms with Crippen LogP contribution in [0.4, 0.5) is 0 Å². The molecule has 0 atom stereocenters. The Morgan fingerprint density at radius 2 is 2.36 bits per heavy atom. The van der Waals surface area contributed by atoms with Crippen molar-refractivity contribution in [1.29, 1.82) is 0 Å². The third-order valence-corrected chi connectivity index (χ3v) is 0.928. The molecular weight excluding hydrogens is 148 g/mol. The highest BCUT2D eigenvalue weighted by atomic mass is 16.5. The second-order valence-corrected chi connectivity index (χ2v) is 1.85. The van der Waals surface area contributed by atoms with Gasteiger partial charge in [0.25, 0.3) is 0 Å². The molecule has 5 nitrogen and oxygen atoms in total. The van der Waals surface area contributed by atoms with Crippen LogP contribution in [-0.4, -0.2) is 33.3 Å². The van der Waals surface area contributed by atoms with E-state index in [2.05, 4.69) is 10.2 Å². The largest absolute Gasteiger partial charge is 0.471 e. The van der Waals surface area contributed by atoms with E-state index in [-0.39, 0.29) is 12.5 Å². The molecule has 5 heteroatoms. The Labute approximate surface area is 63.3 Å². The summed E-state index contributed by atoms with van der Waals surface area (Å²) in [5, 5.41) is 23.9. The summed E-state index contributed by atoms with van der Waals surface area (Å²) in [4.78, 5) is 0. The number of nitrogens with zero attached hydrogens (tertiary/aromatic N) is 2. The number of aliphatic hydroxyl groups is 2. The molecule has 11 heavy (non-hydrogen) atoms. The van der Waals surface area contributed by atoms with E-state index < -0.39 is 6.29 Å². The van der Waals surface area contributed by atoms with Crippen molar-refractivity contribution in [1.82, 2.24) is 10.2 Å². The summed E-state index contributed by atoms with van der Waals surface area (Å²) >= 11 is 0. The Morgan fingerprint density at radius 3 is 2.91 bits per heavy atom. The molecule has 1 rings (SSSR count). The summed E-state index contributed by atoms with van der Waals surface area (Å²) in [6.45, 7) is -0.196. The normalized spacial score (nSPS) is 10.1. The molecule has 0 radical (unpaired) electrons. The summed E-state index contributed by atoms with van der Waals surface area (Å²) in [7, 11) is 0. The van der Waals surface area contributed by atoms with E-state index in [1.165, 1.54) is 6.20 Å². The van der Waals surface area contributed by atoms with Crippen LogP contribution in [0.5, 0.6) is 5.88 Å². The first-order valence-electron chi connectivity index (χ1n) is 3.05. The van der Waals surface area contributed by atoms with Crippen molar-refractivity contribution in [2.45, 2.75) is 6.29 Å². The minimum atomic E-state index is -1.47. The summed E-state index contributed by atoms with van der Waals surface area (Å²) in [5.41, 5.74) is 0. The third kappa shape index (κ3) is 2.92. The van der Waals surface area contributed by atoms with Crippen molar-refractivity contribution in [3.8, 4) is 5.88 Å². The van der Waals surface area contributed by atoms with E-state index in [1.54, 1.807) is 12.1 Å². The number of aromatic nitrogens is 2. The van der Waals surface area contributed by atoms with Crippen LogP contribution in [0.15, 0.2) is 18.3 Å². The Bertz CT molecular complexity index is 202. The van der Waals surface area contributed by atoms with Gasteiger partial charge < -0.3 is 14.9 Å². The summed E-state index contributed by atoms with van der Waals surface area (Å²) in [5.74, 6) is 0.278. The van der Waals surface area contributed by atoms with Crippen LogP contribution in [0.25, 0.3) is 0 Å². The van der Waals surface area contributed by atoms with Crippen molar-refractivity contribution in [3.05, 3.63) is 18.3 Å². The summed E-state index contributed by atoms with van der Waals surface area (Å²) in [6.07, 6.45) is 0.0272. The van der Waals surface area contributed by atoms with Crippen molar-refractivity contribution >= 4 is 0 Å². The molecule has 0 saturated heterocycles. The summed E-state index contributed by atoms with van der Waals surface area (Å²) in [6, 6.07) is 3.22. The molecule has 2 N–H and O–H groups in total. The molecule has 0 bridgehead atoms. The van der Waals surface area contributed by atoms with Crippen LogP contribution in [0, 0.1) is 0 Å². The van der Waals surface area contributed by atoms with Gasteiger partial charge in [0.2, 0.25) is 5.88 Å². The van der Waals surface area contributed by atoms with E-state index in [0.29, 0.717) is 0 Å². The lowest BCUT2D eigenvalue weighted by Gasteiger charge is -2.04. The van der Waals surface area contributed by atoms with E-state index in [0.717, 1.165) is 0 Å². The standard InChI is InChI=1S/C6H8N2O3/c9-6(10)4-11-5-2-1-3-7-8-5/h1-3,6,9-10H,4H2. The van der Waals surface area contributed by atoms with E-state index in [1.807, 2.05) is 0 Å². The van der Waals surface area contributed by atoms with E-state index in [4.69, 9.17) is 14.9 Å². The maximum atomic E-state index is 8.40. The fraction of sp³-hybridized carbons (Fsp3) is 0.333. The zero-order chi connectivity index (χ0) is 8.10. The lowest BCUT2D eigenvalue weighted by Crippen LogP contribution is -2.16. The van der Waals surface area contributed by atoms with Crippen LogP contribution in [0.3, 0.4) is 0 Å². The Hall–Kier alpha value is -1.20. The number of hydrogen-bond donors (Lipinski definition) is 2. The zero-order valence-electron chi connectivity index (χ0n) is 5.71. The van der Waals surface area contributed by atoms with Crippen molar-refractivity contribution in [3.63, 3.8) is 0 Å². The average molecular weight is 156 g/mol. The Morgan fingerprint density at radius 1 is 1.55 bits per heavy atom. The SMILES string of the molecule is OC(O)COc1cccnn1. The van der Waals surface area contributed by atoms with Crippen molar-refractivity contribution in [2.24, 2.45) is 0 Å². The van der Waals surface area contributed by atoms with Gasteiger partial charge in [-0.1, -0.05) is 0 Å². The first-order chi connectivity index (χ1) is 5.29. The number of ether oxygens (including phenoxy) is 1. The zero-order valence-corrected chi connectivity index (χ0v) is 5.71. The molecule has 0 unspecified atom stereocenters. The second kappa shape index (κ2) is 3.85. The first kappa shape index (κ1) is 7.90. The summed E-state index contributed by atoms with van der Waals surface area (Å²) < 4.78 is 4.79. The van der Waals surface area contributed by atoms with Crippen LogP contribution < -0.4 is 4.74 Å². The van der Waals surface area contributed by atoms with Gasteiger partial charge >= 0.3 is 0 Å². The fourth-order valence-electron chi connectivity index (χ4n) is 0.524. The molecule has 0 aliphatic heterocycles. The number of rotatable bonds is 3. The predicted molar refractivity (Wildman–Crippen MR) is 35.8 cm³/mol. The van der Waals surface area contributed by atoms with Crippen molar-refractivity contribution < 1.29 is 14.9 Å². The quantitative estimate of drug-likeness (QED) is 0.558.